The van der Waals surface area contributed by atoms with Crippen LogP contribution >= 0.6 is 0 Å². The second-order valence-corrected chi connectivity index (χ2v) is 5.31. The van der Waals surface area contributed by atoms with Gasteiger partial charge in [-0.05, 0) is 45.4 Å². The van der Waals surface area contributed by atoms with E-state index in [4.69, 9.17) is 0 Å². The fraction of sp³-hybridized carbons (Fsp3) is 0.909. The predicted octanol–water partition coefficient (Wildman–Crippen LogP) is 2.34. The van der Waals surface area contributed by atoms with Crippen molar-refractivity contribution in [3.63, 3.8) is 0 Å². The Balaban J connectivity index is 2.11. The molecule has 1 aliphatic rings. The van der Waals surface area contributed by atoms with E-state index >= 15 is 0 Å². The van der Waals surface area contributed by atoms with E-state index in [1.165, 1.54) is 6.42 Å². The van der Waals surface area contributed by atoms with Gasteiger partial charge in [0.15, 0.2) is 0 Å². The van der Waals surface area contributed by atoms with Crippen LogP contribution in [0.15, 0.2) is 0 Å². The maximum Gasteiger partial charge on any atom is 0.220 e. The largest absolute Gasteiger partial charge is 0.352 e. The molecule has 2 heteroatoms. The topological polar surface area (TPSA) is 29.1 Å². The average molecular weight is 183 g/mol. The Kier molecular flexibility index (Phi) is 2.99. The second-order valence-electron chi connectivity index (χ2n) is 5.31. The summed E-state index contributed by atoms with van der Waals surface area (Å²) < 4.78 is 0. The van der Waals surface area contributed by atoms with E-state index in [9.17, 15) is 4.79 Å². The second kappa shape index (κ2) is 3.69. The third-order valence-corrected chi connectivity index (χ3v) is 2.53. The third kappa shape index (κ3) is 4.30. The SMILES string of the molecule is C[C@@H]1C[C@@H]1CCC(=O)NC(C)(C)C. The van der Waals surface area contributed by atoms with Crippen molar-refractivity contribution >= 4 is 5.91 Å². The summed E-state index contributed by atoms with van der Waals surface area (Å²) in [6.45, 7) is 8.31. The highest BCUT2D eigenvalue weighted by molar-refractivity contribution is 5.76. The molecule has 2 nitrogen and oxygen atoms in total. The van der Waals surface area contributed by atoms with Gasteiger partial charge >= 0.3 is 0 Å². The van der Waals surface area contributed by atoms with Crippen molar-refractivity contribution in [3.8, 4) is 0 Å². The van der Waals surface area contributed by atoms with Crippen LogP contribution in [-0.2, 0) is 4.79 Å². The Morgan fingerprint density at radius 1 is 1.46 bits per heavy atom. The van der Waals surface area contributed by atoms with E-state index in [0.29, 0.717) is 6.42 Å². The van der Waals surface area contributed by atoms with Gasteiger partial charge in [-0.25, -0.2) is 0 Å². The molecule has 1 aliphatic carbocycles. The van der Waals surface area contributed by atoms with Gasteiger partial charge < -0.3 is 5.32 Å². The first-order valence-corrected chi connectivity index (χ1v) is 5.19. The fourth-order valence-electron chi connectivity index (χ4n) is 1.60. The van der Waals surface area contributed by atoms with E-state index in [1.807, 2.05) is 20.8 Å². The molecule has 13 heavy (non-hydrogen) atoms. The van der Waals surface area contributed by atoms with Crippen molar-refractivity contribution in [3.05, 3.63) is 0 Å². The highest BCUT2D eigenvalue weighted by atomic mass is 16.1. The molecular weight excluding hydrogens is 162 g/mol. The zero-order valence-corrected chi connectivity index (χ0v) is 9.18. The molecule has 0 heterocycles. The van der Waals surface area contributed by atoms with Crippen LogP contribution < -0.4 is 5.32 Å². The Morgan fingerprint density at radius 3 is 2.38 bits per heavy atom. The molecule has 0 saturated heterocycles. The first-order chi connectivity index (χ1) is 5.88. The monoisotopic (exact) mass is 183 g/mol. The van der Waals surface area contributed by atoms with Crippen molar-refractivity contribution in [1.29, 1.82) is 0 Å². The van der Waals surface area contributed by atoms with E-state index in [-0.39, 0.29) is 11.4 Å². The van der Waals surface area contributed by atoms with Crippen molar-refractivity contribution in [2.75, 3.05) is 0 Å². The molecule has 0 aliphatic heterocycles. The average Bonchev–Trinajstić information content (AvgIpc) is 2.58. The Morgan fingerprint density at radius 2 is 2.00 bits per heavy atom. The summed E-state index contributed by atoms with van der Waals surface area (Å²) in [6, 6.07) is 0. The first-order valence-electron chi connectivity index (χ1n) is 5.19. The summed E-state index contributed by atoms with van der Waals surface area (Å²) in [5.41, 5.74) is -0.0771. The zero-order valence-electron chi connectivity index (χ0n) is 9.18. The van der Waals surface area contributed by atoms with Crippen molar-refractivity contribution in [2.45, 2.75) is 52.5 Å². The van der Waals surface area contributed by atoms with Gasteiger partial charge in [-0.3, -0.25) is 4.79 Å². The summed E-state index contributed by atoms with van der Waals surface area (Å²) in [5, 5.41) is 2.98. The highest BCUT2D eigenvalue weighted by Crippen LogP contribution is 2.41. The van der Waals surface area contributed by atoms with Crippen molar-refractivity contribution in [2.24, 2.45) is 11.8 Å². The Hall–Kier alpha value is -0.530. The first kappa shape index (κ1) is 10.6. The van der Waals surface area contributed by atoms with Gasteiger partial charge in [0.1, 0.15) is 0 Å². The molecule has 0 spiro atoms. The van der Waals surface area contributed by atoms with Gasteiger partial charge in [-0.15, -0.1) is 0 Å². The van der Waals surface area contributed by atoms with Gasteiger partial charge in [-0.1, -0.05) is 6.92 Å². The molecule has 0 radical (unpaired) electrons. The van der Waals surface area contributed by atoms with Crippen LogP contribution in [0.5, 0.6) is 0 Å². The van der Waals surface area contributed by atoms with E-state index in [2.05, 4.69) is 12.2 Å². The highest BCUT2D eigenvalue weighted by Gasteiger charge is 2.32. The zero-order chi connectivity index (χ0) is 10.1. The number of hydrogen-bond acceptors (Lipinski definition) is 1. The molecule has 0 aromatic heterocycles. The maximum absolute atomic E-state index is 11.4. The quantitative estimate of drug-likeness (QED) is 0.715. The summed E-state index contributed by atoms with van der Waals surface area (Å²) >= 11 is 0. The van der Waals surface area contributed by atoms with Gasteiger partial charge in [-0.2, -0.15) is 0 Å². The van der Waals surface area contributed by atoms with Crippen LogP contribution in [0.2, 0.25) is 0 Å². The molecule has 1 rings (SSSR count). The van der Waals surface area contributed by atoms with Crippen LogP contribution in [0.4, 0.5) is 0 Å². The molecule has 76 valence electrons. The van der Waals surface area contributed by atoms with Crippen LogP contribution in [0.25, 0.3) is 0 Å². The minimum absolute atomic E-state index is 0.0771. The molecule has 0 aromatic carbocycles. The molecule has 0 unspecified atom stereocenters. The summed E-state index contributed by atoms with van der Waals surface area (Å²) in [4.78, 5) is 11.4. The van der Waals surface area contributed by atoms with E-state index in [0.717, 1.165) is 18.3 Å². The predicted molar refractivity (Wildman–Crippen MR) is 54.4 cm³/mol. The smallest absolute Gasteiger partial charge is 0.220 e. The number of rotatable bonds is 3. The normalized spacial score (nSPS) is 27.1. The fourth-order valence-corrected chi connectivity index (χ4v) is 1.60. The van der Waals surface area contributed by atoms with Crippen LogP contribution in [0.1, 0.15) is 47.0 Å². The van der Waals surface area contributed by atoms with Gasteiger partial charge in [0.25, 0.3) is 0 Å². The standard InChI is InChI=1S/C11H21NO/c1-8-7-9(8)5-6-10(13)12-11(2,3)4/h8-9H,5-7H2,1-4H3,(H,12,13)/t8-,9+/m1/s1. The lowest BCUT2D eigenvalue weighted by Gasteiger charge is -2.20. The lowest BCUT2D eigenvalue weighted by molar-refractivity contribution is -0.122. The molecule has 1 amide bonds. The van der Waals surface area contributed by atoms with Crippen molar-refractivity contribution < 1.29 is 4.79 Å². The van der Waals surface area contributed by atoms with Crippen LogP contribution in [0.3, 0.4) is 0 Å². The number of hydrogen-bond donors (Lipinski definition) is 1. The molecule has 1 N–H and O–H groups in total. The molecule has 1 saturated carbocycles. The van der Waals surface area contributed by atoms with E-state index < -0.39 is 0 Å². The van der Waals surface area contributed by atoms with Crippen molar-refractivity contribution in [1.82, 2.24) is 5.32 Å². The molecule has 1 fully saturated rings. The number of carbonyl (C=O) groups is 1. The van der Waals surface area contributed by atoms with Gasteiger partial charge in [0, 0.05) is 12.0 Å². The van der Waals surface area contributed by atoms with Gasteiger partial charge in [0.05, 0.1) is 0 Å². The Labute approximate surface area is 81.1 Å². The molecule has 2 atom stereocenters. The number of amides is 1. The maximum atomic E-state index is 11.4. The Bertz CT molecular complexity index is 193. The lowest BCUT2D eigenvalue weighted by atomic mass is 10.1. The number of carbonyl (C=O) groups excluding carboxylic acids is 1. The molecule has 0 aromatic rings. The number of nitrogens with one attached hydrogen (secondary N) is 1. The van der Waals surface area contributed by atoms with E-state index in [1.54, 1.807) is 0 Å². The van der Waals surface area contributed by atoms with Crippen LogP contribution in [-0.4, -0.2) is 11.4 Å². The summed E-state index contributed by atoms with van der Waals surface area (Å²) in [5.74, 6) is 1.89. The molecule has 0 bridgehead atoms. The summed E-state index contributed by atoms with van der Waals surface area (Å²) in [6.07, 6.45) is 3.10. The lowest BCUT2D eigenvalue weighted by Crippen LogP contribution is -2.40. The third-order valence-electron chi connectivity index (χ3n) is 2.53. The minimum atomic E-state index is -0.0771. The van der Waals surface area contributed by atoms with Gasteiger partial charge in [0.2, 0.25) is 5.91 Å². The van der Waals surface area contributed by atoms with Crippen LogP contribution in [0, 0.1) is 11.8 Å². The minimum Gasteiger partial charge on any atom is -0.352 e. The summed E-state index contributed by atoms with van der Waals surface area (Å²) in [7, 11) is 0. The molecular formula is C11H21NO.